The van der Waals surface area contributed by atoms with Gasteiger partial charge in [-0.25, -0.2) is 0 Å². The number of halogens is 2. The summed E-state index contributed by atoms with van der Waals surface area (Å²) in [5.41, 5.74) is 2.69. The average molecular weight is 482 g/mol. The maximum Gasteiger partial charge on any atom is 0.261 e. The number of carbonyl (C=O) groups excluding carboxylic acids is 2. The summed E-state index contributed by atoms with van der Waals surface area (Å²) >= 11 is 9.64. The van der Waals surface area contributed by atoms with Crippen LogP contribution in [0.25, 0.3) is 0 Å². The van der Waals surface area contributed by atoms with Gasteiger partial charge < -0.3 is 15.0 Å². The summed E-state index contributed by atoms with van der Waals surface area (Å²) in [4.78, 5) is 26.9. The Labute approximate surface area is 185 Å². The molecule has 0 bridgehead atoms. The van der Waals surface area contributed by atoms with E-state index in [2.05, 4.69) is 21.2 Å². The minimum Gasteiger partial charge on any atom is -0.484 e. The number of aryl methyl sites for hydroxylation is 2. The number of rotatable bonds is 8. The lowest BCUT2D eigenvalue weighted by molar-refractivity contribution is -0.142. The molecule has 0 saturated heterocycles. The van der Waals surface area contributed by atoms with Gasteiger partial charge in [0.25, 0.3) is 5.91 Å². The number of hydrogen-bond acceptors (Lipinski definition) is 3. The molecule has 0 saturated carbocycles. The van der Waals surface area contributed by atoms with Crippen molar-refractivity contribution in [2.75, 3.05) is 13.2 Å². The molecule has 2 aromatic carbocycles. The highest BCUT2D eigenvalue weighted by Crippen LogP contribution is 2.26. The Morgan fingerprint density at radius 3 is 2.45 bits per heavy atom. The van der Waals surface area contributed by atoms with Crippen LogP contribution in [0.1, 0.15) is 30.5 Å². The van der Waals surface area contributed by atoms with E-state index in [0.29, 0.717) is 23.9 Å². The van der Waals surface area contributed by atoms with Crippen LogP contribution in [-0.2, 0) is 16.1 Å². The van der Waals surface area contributed by atoms with Gasteiger partial charge in [-0.05, 0) is 68.7 Å². The molecule has 0 unspecified atom stereocenters. The van der Waals surface area contributed by atoms with Gasteiger partial charge in [-0.15, -0.1) is 0 Å². The molecule has 0 radical (unpaired) electrons. The quantitative estimate of drug-likeness (QED) is 0.597. The van der Waals surface area contributed by atoms with Crippen LogP contribution >= 0.6 is 27.5 Å². The second-order valence-electron chi connectivity index (χ2n) is 6.88. The molecule has 0 aliphatic rings. The van der Waals surface area contributed by atoms with E-state index in [1.165, 1.54) is 4.90 Å². The normalized spacial score (nSPS) is 11.7. The smallest absolute Gasteiger partial charge is 0.261 e. The van der Waals surface area contributed by atoms with Gasteiger partial charge in [-0.2, -0.15) is 0 Å². The second kappa shape index (κ2) is 10.6. The van der Waals surface area contributed by atoms with Crippen LogP contribution in [0.5, 0.6) is 5.75 Å². The highest BCUT2D eigenvalue weighted by atomic mass is 79.9. The second-order valence-corrected chi connectivity index (χ2v) is 8.18. The molecule has 2 rings (SSSR count). The van der Waals surface area contributed by atoms with Gasteiger partial charge in [0.1, 0.15) is 11.8 Å². The van der Waals surface area contributed by atoms with Gasteiger partial charge in [0.2, 0.25) is 5.91 Å². The van der Waals surface area contributed by atoms with Crippen LogP contribution in [-0.4, -0.2) is 35.9 Å². The van der Waals surface area contributed by atoms with Crippen LogP contribution in [0.3, 0.4) is 0 Å². The topological polar surface area (TPSA) is 58.6 Å². The highest BCUT2D eigenvalue weighted by molar-refractivity contribution is 9.10. The Kier molecular flexibility index (Phi) is 8.53. The zero-order chi connectivity index (χ0) is 21.6. The van der Waals surface area contributed by atoms with Gasteiger partial charge in [0.05, 0.1) is 0 Å². The van der Waals surface area contributed by atoms with E-state index in [-0.39, 0.29) is 18.4 Å². The van der Waals surface area contributed by atoms with Crippen LogP contribution in [0.15, 0.2) is 40.9 Å². The van der Waals surface area contributed by atoms with Gasteiger partial charge in [0, 0.05) is 22.6 Å². The molecule has 5 nitrogen and oxygen atoms in total. The number of nitrogens with one attached hydrogen (secondary N) is 1. The molecule has 0 aliphatic heterocycles. The predicted octanol–water partition coefficient (Wildman–Crippen LogP) is 4.65. The third kappa shape index (κ3) is 6.47. The van der Waals surface area contributed by atoms with Crippen molar-refractivity contribution in [1.29, 1.82) is 0 Å². The molecule has 29 heavy (non-hydrogen) atoms. The van der Waals surface area contributed by atoms with Crippen molar-refractivity contribution in [3.63, 3.8) is 0 Å². The predicted molar refractivity (Wildman–Crippen MR) is 119 cm³/mol. The largest absolute Gasteiger partial charge is 0.484 e. The Morgan fingerprint density at radius 1 is 1.21 bits per heavy atom. The molecule has 1 atom stereocenters. The Balaban J connectivity index is 2.18. The molecule has 7 heteroatoms. The summed E-state index contributed by atoms with van der Waals surface area (Å²) < 4.78 is 6.64. The lowest BCUT2D eigenvalue weighted by atomic mass is 10.1. The maximum absolute atomic E-state index is 13.0. The fourth-order valence-corrected chi connectivity index (χ4v) is 3.51. The first kappa shape index (κ1) is 23.2. The lowest BCUT2D eigenvalue weighted by Crippen LogP contribution is -2.49. The zero-order valence-electron chi connectivity index (χ0n) is 17.1. The van der Waals surface area contributed by atoms with E-state index >= 15 is 0 Å². The molecule has 2 aromatic rings. The number of hydrogen-bond donors (Lipinski definition) is 1. The van der Waals surface area contributed by atoms with E-state index in [1.807, 2.05) is 45.0 Å². The number of ether oxygens (including phenoxy) is 1. The van der Waals surface area contributed by atoms with Gasteiger partial charge in [-0.1, -0.05) is 39.7 Å². The molecule has 0 heterocycles. The SMILES string of the molecule is CCNC(=O)[C@@H](C)N(Cc1cccc(Br)c1)C(=O)COc1cc(C)c(Cl)c(C)c1. The fraction of sp³-hybridized carbons (Fsp3) is 0.364. The first-order chi connectivity index (χ1) is 13.7. The summed E-state index contributed by atoms with van der Waals surface area (Å²) in [6.45, 7) is 7.98. The number of nitrogens with zero attached hydrogens (tertiary/aromatic N) is 1. The average Bonchev–Trinajstić information content (AvgIpc) is 2.68. The summed E-state index contributed by atoms with van der Waals surface area (Å²) in [5, 5.41) is 3.46. The maximum atomic E-state index is 13.0. The van der Waals surface area contributed by atoms with Crippen LogP contribution in [0, 0.1) is 13.8 Å². The molecule has 0 aromatic heterocycles. The first-order valence-corrected chi connectivity index (χ1v) is 10.6. The summed E-state index contributed by atoms with van der Waals surface area (Å²) in [6, 6.07) is 10.6. The number of likely N-dealkylation sites (N-methyl/N-ethyl adjacent to an activating group) is 1. The minimum absolute atomic E-state index is 0.168. The molecule has 0 fully saturated rings. The summed E-state index contributed by atoms with van der Waals surface area (Å²) in [5.74, 6) is 0.105. The van der Waals surface area contributed by atoms with Gasteiger partial charge in [-0.3, -0.25) is 9.59 Å². The van der Waals surface area contributed by atoms with Crippen molar-refractivity contribution >= 4 is 39.3 Å². The van der Waals surface area contributed by atoms with Crippen LogP contribution in [0.4, 0.5) is 0 Å². The fourth-order valence-electron chi connectivity index (χ4n) is 2.95. The first-order valence-electron chi connectivity index (χ1n) is 9.44. The number of carbonyl (C=O) groups is 2. The molecule has 1 N–H and O–H groups in total. The van der Waals surface area contributed by atoms with E-state index in [1.54, 1.807) is 19.1 Å². The summed E-state index contributed by atoms with van der Waals surface area (Å²) in [7, 11) is 0. The molecule has 156 valence electrons. The lowest BCUT2D eigenvalue weighted by Gasteiger charge is -2.28. The van der Waals surface area contributed by atoms with E-state index in [0.717, 1.165) is 21.2 Å². The van der Waals surface area contributed by atoms with E-state index in [9.17, 15) is 9.59 Å². The molecule has 2 amide bonds. The van der Waals surface area contributed by atoms with Crippen LogP contribution < -0.4 is 10.1 Å². The third-order valence-electron chi connectivity index (χ3n) is 4.53. The minimum atomic E-state index is -0.626. The Morgan fingerprint density at radius 2 is 1.86 bits per heavy atom. The van der Waals surface area contributed by atoms with Crippen molar-refractivity contribution < 1.29 is 14.3 Å². The monoisotopic (exact) mass is 480 g/mol. The standard InChI is InChI=1S/C22H26BrClN2O3/c1-5-25-22(28)16(4)26(12-17-7-6-8-18(23)11-17)20(27)13-29-19-9-14(2)21(24)15(3)10-19/h6-11,16H,5,12-13H2,1-4H3,(H,25,28)/t16-/m1/s1. The van der Waals surface area contributed by atoms with Crippen LogP contribution in [0.2, 0.25) is 5.02 Å². The molecular weight excluding hydrogens is 456 g/mol. The number of amides is 2. The Bertz CT molecular complexity index is 865. The van der Waals surface area contributed by atoms with E-state index < -0.39 is 6.04 Å². The van der Waals surface area contributed by atoms with E-state index in [4.69, 9.17) is 16.3 Å². The molecule has 0 spiro atoms. The summed E-state index contributed by atoms with van der Waals surface area (Å²) in [6.07, 6.45) is 0. The van der Waals surface area contributed by atoms with Crippen molar-refractivity contribution in [2.45, 2.75) is 40.3 Å². The van der Waals surface area contributed by atoms with Crippen molar-refractivity contribution in [2.24, 2.45) is 0 Å². The van der Waals surface area contributed by atoms with Crippen molar-refractivity contribution in [1.82, 2.24) is 10.2 Å². The highest BCUT2D eigenvalue weighted by Gasteiger charge is 2.26. The van der Waals surface area contributed by atoms with Gasteiger partial charge >= 0.3 is 0 Å². The zero-order valence-corrected chi connectivity index (χ0v) is 19.4. The van der Waals surface area contributed by atoms with Gasteiger partial charge in [0.15, 0.2) is 6.61 Å². The Hall–Kier alpha value is -2.05. The van der Waals surface area contributed by atoms with Crippen molar-refractivity contribution in [3.8, 4) is 5.75 Å². The molecular formula is C22H26BrClN2O3. The molecule has 0 aliphatic carbocycles. The number of benzene rings is 2. The third-order valence-corrected chi connectivity index (χ3v) is 5.62. The van der Waals surface area contributed by atoms with Crippen molar-refractivity contribution in [3.05, 3.63) is 62.6 Å².